The normalized spacial score (nSPS) is 11.1. The summed E-state index contributed by atoms with van der Waals surface area (Å²) in [5.41, 5.74) is 7.83. The van der Waals surface area contributed by atoms with Crippen LogP contribution >= 0.6 is 11.6 Å². The molecule has 1 heterocycles. The minimum absolute atomic E-state index is 0.752. The second-order valence-electron chi connectivity index (χ2n) is 3.75. The first-order valence-electron chi connectivity index (χ1n) is 5.27. The Balaban J connectivity index is 2.22. The van der Waals surface area contributed by atoms with E-state index < -0.39 is 0 Å². The van der Waals surface area contributed by atoms with Crippen molar-refractivity contribution in [3.05, 3.63) is 35.0 Å². The molecule has 1 aromatic heterocycles. The molecule has 0 unspecified atom stereocenters. The molecule has 3 heteroatoms. The molecule has 0 saturated carbocycles. The summed E-state index contributed by atoms with van der Waals surface area (Å²) in [6, 6.07) is 6.18. The van der Waals surface area contributed by atoms with Crippen LogP contribution in [-0.4, -0.2) is 11.5 Å². The van der Waals surface area contributed by atoms with E-state index in [1.807, 2.05) is 18.3 Å². The van der Waals surface area contributed by atoms with E-state index in [1.165, 1.54) is 10.9 Å². The van der Waals surface area contributed by atoms with Gasteiger partial charge >= 0.3 is 0 Å². The zero-order chi connectivity index (χ0) is 10.7. The number of aromatic nitrogens is 1. The number of unbranched alkanes of at least 4 members (excludes halogenated alkanes) is 1. The van der Waals surface area contributed by atoms with Crippen molar-refractivity contribution in [3.8, 4) is 0 Å². The van der Waals surface area contributed by atoms with Crippen LogP contribution < -0.4 is 5.73 Å². The van der Waals surface area contributed by atoms with Gasteiger partial charge in [-0.2, -0.15) is 0 Å². The van der Waals surface area contributed by atoms with Crippen molar-refractivity contribution >= 4 is 22.5 Å². The number of H-pyrrole nitrogens is 1. The van der Waals surface area contributed by atoms with Crippen LogP contribution in [0.5, 0.6) is 0 Å². The Morgan fingerprint density at radius 1 is 1.27 bits per heavy atom. The second kappa shape index (κ2) is 4.69. The van der Waals surface area contributed by atoms with Gasteiger partial charge < -0.3 is 10.7 Å². The van der Waals surface area contributed by atoms with Crippen molar-refractivity contribution in [1.82, 2.24) is 4.98 Å². The van der Waals surface area contributed by atoms with Gasteiger partial charge in [-0.3, -0.25) is 0 Å². The first-order valence-corrected chi connectivity index (χ1v) is 5.64. The Hall–Kier alpha value is -0.990. The third kappa shape index (κ3) is 2.33. The number of rotatable bonds is 4. The number of hydrogen-bond acceptors (Lipinski definition) is 1. The van der Waals surface area contributed by atoms with E-state index in [4.69, 9.17) is 17.3 Å². The molecule has 0 aliphatic heterocycles. The van der Waals surface area contributed by atoms with Crippen LogP contribution in [0.15, 0.2) is 24.4 Å². The monoisotopic (exact) mass is 222 g/mol. The van der Waals surface area contributed by atoms with Crippen LogP contribution in [0.4, 0.5) is 0 Å². The van der Waals surface area contributed by atoms with Crippen molar-refractivity contribution in [2.75, 3.05) is 6.54 Å². The highest BCUT2D eigenvalue weighted by molar-refractivity contribution is 6.32. The highest BCUT2D eigenvalue weighted by Gasteiger charge is 2.03. The fraction of sp³-hybridized carbons (Fsp3) is 0.333. The number of hydrogen-bond donors (Lipinski definition) is 2. The van der Waals surface area contributed by atoms with Gasteiger partial charge in [-0.1, -0.05) is 11.6 Å². The van der Waals surface area contributed by atoms with Crippen LogP contribution in [0.3, 0.4) is 0 Å². The molecule has 2 rings (SSSR count). The Morgan fingerprint density at radius 2 is 2.13 bits per heavy atom. The number of nitrogens with one attached hydrogen (secondary N) is 1. The van der Waals surface area contributed by atoms with E-state index in [2.05, 4.69) is 11.1 Å². The molecule has 0 aliphatic rings. The topological polar surface area (TPSA) is 41.8 Å². The summed E-state index contributed by atoms with van der Waals surface area (Å²) in [7, 11) is 0. The van der Waals surface area contributed by atoms with E-state index in [-0.39, 0.29) is 0 Å². The minimum atomic E-state index is 0.752. The summed E-state index contributed by atoms with van der Waals surface area (Å²) in [5, 5.41) is 2.03. The maximum Gasteiger partial charge on any atom is 0.0457 e. The van der Waals surface area contributed by atoms with Crippen LogP contribution in [-0.2, 0) is 6.42 Å². The van der Waals surface area contributed by atoms with Crippen LogP contribution in [0, 0.1) is 0 Å². The first-order chi connectivity index (χ1) is 7.31. The Bertz CT molecular complexity index is 448. The van der Waals surface area contributed by atoms with Crippen LogP contribution in [0.2, 0.25) is 5.02 Å². The van der Waals surface area contributed by atoms with Gasteiger partial charge in [0.05, 0.1) is 0 Å². The van der Waals surface area contributed by atoms with Crippen molar-refractivity contribution in [2.24, 2.45) is 5.73 Å². The quantitative estimate of drug-likeness (QED) is 0.767. The Morgan fingerprint density at radius 3 is 2.93 bits per heavy atom. The predicted octanol–water partition coefficient (Wildman–Crippen LogP) is 3.10. The molecule has 0 atom stereocenters. The number of benzene rings is 1. The largest absolute Gasteiger partial charge is 0.361 e. The molecule has 80 valence electrons. The van der Waals surface area contributed by atoms with E-state index in [9.17, 15) is 0 Å². The lowest BCUT2D eigenvalue weighted by atomic mass is 10.1. The standard InChI is InChI=1S/C12H15ClN2/c13-11-7-10-4-6-15-12(10)8-9(11)3-1-2-5-14/h4,6-8,15H,1-3,5,14H2. The third-order valence-electron chi connectivity index (χ3n) is 2.62. The molecule has 0 spiro atoms. The molecular formula is C12H15ClN2. The zero-order valence-corrected chi connectivity index (χ0v) is 9.35. The van der Waals surface area contributed by atoms with Gasteiger partial charge in [0.25, 0.3) is 0 Å². The van der Waals surface area contributed by atoms with E-state index in [0.717, 1.165) is 36.3 Å². The molecule has 0 radical (unpaired) electrons. The maximum absolute atomic E-state index is 6.19. The third-order valence-corrected chi connectivity index (χ3v) is 2.97. The minimum Gasteiger partial charge on any atom is -0.361 e. The molecule has 0 aliphatic carbocycles. The zero-order valence-electron chi connectivity index (χ0n) is 8.59. The van der Waals surface area contributed by atoms with Gasteiger partial charge in [0, 0.05) is 22.1 Å². The SMILES string of the molecule is NCCCCc1cc2[nH]ccc2cc1Cl. The summed E-state index contributed by atoms with van der Waals surface area (Å²) >= 11 is 6.19. The molecule has 2 nitrogen and oxygen atoms in total. The summed E-state index contributed by atoms with van der Waals surface area (Å²) in [6.45, 7) is 0.752. The highest BCUT2D eigenvalue weighted by atomic mass is 35.5. The molecule has 1 aromatic carbocycles. The first kappa shape index (κ1) is 10.5. The lowest BCUT2D eigenvalue weighted by molar-refractivity contribution is 0.745. The van der Waals surface area contributed by atoms with Gasteiger partial charge in [-0.25, -0.2) is 0 Å². The van der Waals surface area contributed by atoms with E-state index in [0.29, 0.717) is 0 Å². The summed E-state index contributed by atoms with van der Waals surface area (Å²) < 4.78 is 0. The summed E-state index contributed by atoms with van der Waals surface area (Å²) in [5.74, 6) is 0. The fourth-order valence-electron chi connectivity index (χ4n) is 1.77. The average molecular weight is 223 g/mol. The van der Waals surface area contributed by atoms with Gasteiger partial charge in [0.15, 0.2) is 0 Å². The van der Waals surface area contributed by atoms with Crippen molar-refractivity contribution in [3.63, 3.8) is 0 Å². The van der Waals surface area contributed by atoms with Crippen molar-refractivity contribution in [2.45, 2.75) is 19.3 Å². The van der Waals surface area contributed by atoms with Gasteiger partial charge in [-0.15, -0.1) is 0 Å². The Kier molecular flexibility index (Phi) is 3.29. The van der Waals surface area contributed by atoms with Gasteiger partial charge in [0.2, 0.25) is 0 Å². The average Bonchev–Trinajstić information content (AvgIpc) is 2.65. The van der Waals surface area contributed by atoms with Gasteiger partial charge in [-0.05, 0) is 49.6 Å². The molecule has 3 N–H and O–H groups in total. The molecule has 15 heavy (non-hydrogen) atoms. The number of nitrogens with two attached hydrogens (primary N) is 1. The fourth-order valence-corrected chi connectivity index (χ4v) is 2.04. The molecule has 0 saturated heterocycles. The number of fused-ring (bicyclic) bond motifs is 1. The highest BCUT2D eigenvalue weighted by Crippen LogP contribution is 2.24. The molecular weight excluding hydrogens is 208 g/mol. The van der Waals surface area contributed by atoms with E-state index in [1.54, 1.807) is 0 Å². The lowest BCUT2D eigenvalue weighted by Crippen LogP contribution is -1.99. The summed E-state index contributed by atoms with van der Waals surface area (Å²) in [6.07, 6.45) is 5.09. The number of aryl methyl sites for hydroxylation is 1. The number of aromatic amines is 1. The second-order valence-corrected chi connectivity index (χ2v) is 4.16. The van der Waals surface area contributed by atoms with Crippen LogP contribution in [0.25, 0.3) is 10.9 Å². The summed E-state index contributed by atoms with van der Waals surface area (Å²) in [4.78, 5) is 3.19. The molecule has 0 bridgehead atoms. The smallest absolute Gasteiger partial charge is 0.0457 e. The van der Waals surface area contributed by atoms with Crippen LogP contribution in [0.1, 0.15) is 18.4 Å². The van der Waals surface area contributed by atoms with Crippen molar-refractivity contribution in [1.29, 1.82) is 0 Å². The molecule has 0 fully saturated rings. The molecule has 0 amide bonds. The Labute approximate surface area is 94.4 Å². The lowest BCUT2D eigenvalue weighted by Gasteiger charge is -2.04. The van der Waals surface area contributed by atoms with E-state index >= 15 is 0 Å². The number of halogens is 1. The predicted molar refractivity (Wildman–Crippen MR) is 65.3 cm³/mol. The molecule has 2 aromatic rings. The van der Waals surface area contributed by atoms with Gasteiger partial charge in [0.1, 0.15) is 0 Å². The van der Waals surface area contributed by atoms with Crippen molar-refractivity contribution < 1.29 is 0 Å². The maximum atomic E-state index is 6.19.